The maximum atomic E-state index is 12.2. The van der Waals surface area contributed by atoms with Gasteiger partial charge in [0.2, 0.25) is 6.10 Å². The SMILES string of the molecule is C=CCN1C(=O)[C@H](Oc2ccccc2)[C@@H]1c1ccco1. The van der Waals surface area contributed by atoms with Crippen LogP contribution in [0.2, 0.25) is 0 Å². The predicted octanol–water partition coefficient (Wildman–Crippen LogP) is 2.80. The summed E-state index contributed by atoms with van der Waals surface area (Å²) < 4.78 is 11.2. The molecule has 2 heterocycles. The van der Waals surface area contributed by atoms with Crippen LogP contribution in [0.4, 0.5) is 0 Å². The molecule has 0 radical (unpaired) electrons. The molecule has 2 aromatic rings. The molecule has 3 rings (SSSR count). The Balaban J connectivity index is 1.82. The molecule has 1 fully saturated rings. The monoisotopic (exact) mass is 269 g/mol. The summed E-state index contributed by atoms with van der Waals surface area (Å²) in [7, 11) is 0. The molecule has 1 aromatic heterocycles. The Bertz CT molecular complexity index is 591. The van der Waals surface area contributed by atoms with Gasteiger partial charge in [0.1, 0.15) is 17.6 Å². The first kappa shape index (κ1) is 12.5. The average molecular weight is 269 g/mol. The first-order valence-electron chi connectivity index (χ1n) is 6.48. The van der Waals surface area contributed by atoms with E-state index in [1.165, 1.54) is 0 Å². The van der Waals surface area contributed by atoms with E-state index in [0.29, 0.717) is 12.3 Å². The highest BCUT2D eigenvalue weighted by Gasteiger charge is 2.51. The molecule has 20 heavy (non-hydrogen) atoms. The number of para-hydroxylation sites is 1. The number of amides is 1. The summed E-state index contributed by atoms with van der Waals surface area (Å²) in [6.45, 7) is 4.16. The highest BCUT2D eigenvalue weighted by atomic mass is 16.5. The molecule has 102 valence electrons. The predicted molar refractivity (Wildman–Crippen MR) is 74.2 cm³/mol. The van der Waals surface area contributed by atoms with Gasteiger partial charge in [0.25, 0.3) is 5.91 Å². The molecule has 1 aromatic carbocycles. The number of β-lactam (4-membered cyclic amide) rings is 1. The van der Waals surface area contributed by atoms with Crippen LogP contribution < -0.4 is 4.74 Å². The molecule has 0 spiro atoms. The van der Waals surface area contributed by atoms with Gasteiger partial charge in [-0.15, -0.1) is 6.58 Å². The maximum absolute atomic E-state index is 12.2. The van der Waals surface area contributed by atoms with Gasteiger partial charge in [-0.3, -0.25) is 4.79 Å². The molecular weight excluding hydrogens is 254 g/mol. The highest BCUT2D eigenvalue weighted by Crippen LogP contribution is 2.37. The van der Waals surface area contributed by atoms with Crippen molar-refractivity contribution in [1.29, 1.82) is 0 Å². The fraction of sp³-hybridized carbons (Fsp3) is 0.188. The van der Waals surface area contributed by atoms with Gasteiger partial charge in [-0.1, -0.05) is 24.3 Å². The van der Waals surface area contributed by atoms with Crippen molar-refractivity contribution in [3.8, 4) is 5.75 Å². The first-order valence-corrected chi connectivity index (χ1v) is 6.48. The van der Waals surface area contributed by atoms with E-state index in [9.17, 15) is 4.79 Å². The number of carbonyl (C=O) groups is 1. The number of carbonyl (C=O) groups excluding carboxylic acids is 1. The number of furan rings is 1. The second-order valence-corrected chi connectivity index (χ2v) is 4.59. The quantitative estimate of drug-likeness (QED) is 0.619. The minimum atomic E-state index is -0.538. The highest BCUT2D eigenvalue weighted by molar-refractivity contribution is 5.89. The Hall–Kier alpha value is -2.49. The van der Waals surface area contributed by atoms with Crippen molar-refractivity contribution >= 4 is 5.91 Å². The van der Waals surface area contributed by atoms with Crippen LogP contribution in [-0.2, 0) is 4.79 Å². The first-order chi connectivity index (χ1) is 9.81. The fourth-order valence-corrected chi connectivity index (χ4v) is 2.38. The van der Waals surface area contributed by atoms with Crippen LogP contribution in [-0.4, -0.2) is 23.5 Å². The molecule has 4 nitrogen and oxygen atoms in total. The number of ether oxygens (including phenoxy) is 1. The van der Waals surface area contributed by atoms with Crippen LogP contribution in [0.3, 0.4) is 0 Å². The zero-order valence-electron chi connectivity index (χ0n) is 10.9. The molecule has 0 bridgehead atoms. The molecule has 1 amide bonds. The number of nitrogens with zero attached hydrogens (tertiary/aromatic N) is 1. The van der Waals surface area contributed by atoms with Gasteiger partial charge in [-0.05, 0) is 24.3 Å². The molecule has 1 aliphatic rings. The summed E-state index contributed by atoms with van der Waals surface area (Å²) in [5.41, 5.74) is 0. The molecule has 0 aliphatic carbocycles. The van der Waals surface area contributed by atoms with Crippen molar-refractivity contribution in [2.45, 2.75) is 12.1 Å². The number of benzene rings is 1. The van der Waals surface area contributed by atoms with Gasteiger partial charge in [0.05, 0.1) is 6.26 Å². The van der Waals surface area contributed by atoms with E-state index >= 15 is 0 Å². The Labute approximate surface area is 117 Å². The molecule has 1 aliphatic heterocycles. The number of rotatable bonds is 5. The van der Waals surface area contributed by atoms with Crippen LogP contribution in [0.25, 0.3) is 0 Å². The lowest BCUT2D eigenvalue weighted by Crippen LogP contribution is -2.61. The van der Waals surface area contributed by atoms with Gasteiger partial charge in [-0.25, -0.2) is 0 Å². The standard InChI is InChI=1S/C16H15NO3/c1-2-10-17-14(13-9-6-11-19-13)15(16(17)18)20-12-7-4-3-5-8-12/h2-9,11,14-15H,1,10H2/t14-,15+/m0/s1. The van der Waals surface area contributed by atoms with Gasteiger partial charge >= 0.3 is 0 Å². The van der Waals surface area contributed by atoms with Gasteiger partial charge < -0.3 is 14.1 Å². The Morgan fingerprint density at radius 3 is 2.70 bits per heavy atom. The van der Waals surface area contributed by atoms with Gasteiger partial charge in [-0.2, -0.15) is 0 Å². The van der Waals surface area contributed by atoms with Gasteiger partial charge in [0.15, 0.2) is 0 Å². The molecule has 1 saturated heterocycles. The second-order valence-electron chi connectivity index (χ2n) is 4.59. The van der Waals surface area contributed by atoms with Crippen LogP contribution in [0.15, 0.2) is 65.8 Å². The zero-order valence-corrected chi connectivity index (χ0v) is 10.9. The summed E-state index contributed by atoms with van der Waals surface area (Å²) in [5.74, 6) is 1.36. The minimum absolute atomic E-state index is 0.0462. The topological polar surface area (TPSA) is 42.7 Å². The average Bonchev–Trinajstić information content (AvgIpc) is 3.00. The molecule has 2 atom stereocenters. The number of hydrogen-bond acceptors (Lipinski definition) is 3. The van der Waals surface area contributed by atoms with Crippen LogP contribution in [0.5, 0.6) is 5.75 Å². The van der Waals surface area contributed by atoms with Crippen molar-refractivity contribution in [2.24, 2.45) is 0 Å². The third-order valence-electron chi connectivity index (χ3n) is 3.32. The largest absolute Gasteiger partial charge is 0.478 e. The minimum Gasteiger partial charge on any atom is -0.478 e. The second kappa shape index (κ2) is 5.25. The lowest BCUT2D eigenvalue weighted by molar-refractivity contribution is -0.164. The van der Waals surface area contributed by atoms with E-state index in [4.69, 9.17) is 9.15 Å². The maximum Gasteiger partial charge on any atom is 0.267 e. The van der Waals surface area contributed by atoms with Crippen molar-refractivity contribution in [3.63, 3.8) is 0 Å². The summed E-state index contributed by atoms with van der Waals surface area (Å²) in [6.07, 6.45) is 2.76. The Morgan fingerprint density at radius 2 is 2.05 bits per heavy atom. The van der Waals surface area contributed by atoms with Crippen LogP contribution in [0, 0.1) is 0 Å². The summed E-state index contributed by atoms with van der Waals surface area (Å²) >= 11 is 0. The Morgan fingerprint density at radius 1 is 1.25 bits per heavy atom. The van der Waals surface area contributed by atoms with E-state index in [2.05, 4.69) is 6.58 Å². The fourth-order valence-electron chi connectivity index (χ4n) is 2.38. The number of likely N-dealkylation sites (tertiary alicyclic amines) is 1. The lowest BCUT2D eigenvalue weighted by Gasteiger charge is -2.44. The third-order valence-corrected chi connectivity index (χ3v) is 3.32. The van der Waals surface area contributed by atoms with E-state index in [0.717, 1.165) is 5.76 Å². The van der Waals surface area contributed by atoms with Crippen molar-refractivity contribution in [1.82, 2.24) is 4.90 Å². The van der Waals surface area contributed by atoms with E-state index < -0.39 is 6.10 Å². The summed E-state index contributed by atoms with van der Waals surface area (Å²) in [4.78, 5) is 13.9. The van der Waals surface area contributed by atoms with E-state index in [1.807, 2.05) is 42.5 Å². The van der Waals surface area contributed by atoms with Crippen LogP contribution >= 0.6 is 0 Å². The molecule has 0 N–H and O–H groups in total. The smallest absolute Gasteiger partial charge is 0.267 e. The molecule has 0 unspecified atom stereocenters. The van der Waals surface area contributed by atoms with Gasteiger partial charge in [0, 0.05) is 6.54 Å². The van der Waals surface area contributed by atoms with Crippen molar-refractivity contribution in [2.75, 3.05) is 6.54 Å². The lowest BCUT2D eigenvalue weighted by atomic mass is 9.95. The molecule has 4 heteroatoms. The summed E-state index contributed by atoms with van der Waals surface area (Å²) in [5, 5.41) is 0. The Kier molecular flexibility index (Phi) is 3.29. The van der Waals surface area contributed by atoms with Crippen molar-refractivity contribution < 1.29 is 13.9 Å². The van der Waals surface area contributed by atoms with E-state index in [-0.39, 0.29) is 11.9 Å². The third kappa shape index (κ3) is 2.09. The molecule has 0 saturated carbocycles. The summed E-state index contributed by atoms with van der Waals surface area (Å²) in [6, 6.07) is 12.8. The number of hydrogen-bond donors (Lipinski definition) is 0. The van der Waals surface area contributed by atoms with Crippen molar-refractivity contribution in [3.05, 3.63) is 67.1 Å². The van der Waals surface area contributed by atoms with E-state index in [1.54, 1.807) is 17.2 Å². The van der Waals surface area contributed by atoms with Crippen LogP contribution in [0.1, 0.15) is 11.8 Å². The zero-order chi connectivity index (χ0) is 13.9. The molecular formula is C16H15NO3. The normalized spacial score (nSPS) is 21.4.